The van der Waals surface area contributed by atoms with E-state index >= 15 is 0 Å². The van der Waals surface area contributed by atoms with Gasteiger partial charge in [-0.2, -0.15) is 0 Å². The lowest BCUT2D eigenvalue weighted by Gasteiger charge is -2.34. The fourth-order valence-corrected chi connectivity index (χ4v) is 1.85. The van der Waals surface area contributed by atoms with E-state index in [2.05, 4.69) is 21.3 Å². The molecule has 4 heteroatoms. The Labute approximate surface area is 78.5 Å². The van der Waals surface area contributed by atoms with E-state index in [1.807, 2.05) is 6.20 Å². The molecule has 2 unspecified atom stereocenters. The molecule has 0 bridgehead atoms. The second-order valence-electron chi connectivity index (χ2n) is 3.61. The van der Waals surface area contributed by atoms with Gasteiger partial charge in [-0.25, -0.2) is 0 Å². The van der Waals surface area contributed by atoms with E-state index in [1.165, 1.54) is 6.42 Å². The van der Waals surface area contributed by atoms with Gasteiger partial charge in [0.1, 0.15) is 6.17 Å². The number of likely N-dealkylation sites (tertiary alicyclic amines) is 1. The van der Waals surface area contributed by atoms with Crippen molar-refractivity contribution in [1.82, 2.24) is 10.2 Å². The number of hydrogen-bond donors (Lipinski definition) is 2. The molecule has 2 atom stereocenters. The molecule has 3 N–H and O–H groups in total. The summed E-state index contributed by atoms with van der Waals surface area (Å²) in [6.45, 7) is 2.08. The first-order valence-corrected chi connectivity index (χ1v) is 4.80. The van der Waals surface area contributed by atoms with Crippen LogP contribution >= 0.6 is 0 Å². The van der Waals surface area contributed by atoms with Crippen LogP contribution in [0.4, 0.5) is 0 Å². The van der Waals surface area contributed by atoms with Gasteiger partial charge in [-0.05, 0) is 18.9 Å². The predicted molar refractivity (Wildman–Crippen MR) is 53.3 cm³/mol. The molecule has 2 heterocycles. The molecule has 2 rings (SSSR count). The van der Waals surface area contributed by atoms with Crippen LogP contribution in [0.1, 0.15) is 12.8 Å². The summed E-state index contributed by atoms with van der Waals surface area (Å²) < 4.78 is 0. The third-order valence-corrected chi connectivity index (χ3v) is 2.53. The Hall–Kier alpha value is -0.870. The fraction of sp³-hybridized carbons (Fsp3) is 0.667. The Kier molecular flexibility index (Phi) is 2.61. The summed E-state index contributed by atoms with van der Waals surface area (Å²) in [5, 5.41) is 2.93. The number of rotatable bonds is 1. The van der Waals surface area contributed by atoms with Crippen LogP contribution in [0.2, 0.25) is 0 Å². The van der Waals surface area contributed by atoms with Crippen LogP contribution in [0.3, 0.4) is 0 Å². The van der Waals surface area contributed by atoms with Gasteiger partial charge >= 0.3 is 0 Å². The molecule has 13 heavy (non-hydrogen) atoms. The zero-order valence-corrected chi connectivity index (χ0v) is 7.69. The van der Waals surface area contributed by atoms with Gasteiger partial charge in [-0.15, -0.1) is 0 Å². The lowest BCUT2D eigenvalue weighted by atomic mass is 10.1. The predicted octanol–water partition coefficient (Wildman–Crippen LogP) is -0.119. The van der Waals surface area contributed by atoms with E-state index in [1.54, 1.807) is 6.34 Å². The van der Waals surface area contributed by atoms with E-state index in [-0.39, 0.29) is 6.17 Å². The minimum atomic E-state index is 0.201. The number of hydrogen-bond acceptors (Lipinski definition) is 4. The van der Waals surface area contributed by atoms with Crippen molar-refractivity contribution >= 4 is 6.34 Å². The summed E-state index contributed by atoms with van der Waals surface area (Å²) in [5.41, 5.74) is 5.90. The Morgan fingerprint density at radius 3 is 3.15 bits per heavy atom. The lowest BCUT2D eigenvalue weighted by molar-refractivity contribution is 0.178. The van der Waals surface area contributed by atoms with E-state index in [0.29, 0.717) is 6.04 Å². The van der Waals surface area contributed by atoms with Crippen LogP contribution in [0, 0.1) is 0 Å². The number of nitrogens with zero attached hydrogens (tertiary/aromatic N) is 2. The molecule has 72 valence electrons. The smallest absolute Gasteiger partial charge is 0.124 e. The minimum Gasteiger partial charge on any atom is -0.353 e. The summed E-state index contributed by atoms with van der Waals surface area (Å²) in [6, 6.07) is 0.326. The van der Waals surface area contributed by atoms with Crippen molar-refractivity contribution in [1.29, 1.82) is 0 Å². The number of nitrogens with one attached hydrogen (secondary N) is 1. The summed E-state index contributed by atoms with van der Waals surface area (Å²) in [6.07, 6.45) is 8.27. The number of nitrogens with two attached hydrogens (primary N) is 1. The molecular formula is C9H16N4. The Morgan fingerprint density at radius 1 is 1.54 bits per heavy atom. The van der Waals surface area contributed by atoms with Gasteiger partial charge < -0.3 is 11.1 Å². The van der Waals surface area contributed by atoms with Gasteiger partial charge in [0.05, 0.1) is 6.34 Å². The Bertz CT molecular complexity index is 212. The maximum Gasteiger partial charge on any atom is 0.124 e. The van der Waals surface area contributed by atoms with Crippen molar-refractivity contribution < 1.29 is 0 Å². The average molecular weight is 180 g/mol. The third-order valence-electron chi connectivity index (χ3n) is 2.53. The van der Waals surface area contributed by atoms with Crippen molar-refractivity contribution in [2.75, 3.05) is 13.1 Å². The second kappa shape index (κ2) is 3.89. The van der Waals surface area contributed by atoms with E-state index in [0.717, 1.165) is 19.5 Å². The molecule has 0 spiro atoms. The molecule has 2 aliphatic rings. The second-order valence-corrected chi connectivity index (χ2v) is 3.61. The molecule has 4 nitrogen and oxygen atoms in total. The highest BCUT2D eigenvalue weighted by Gasteiger charge is 2.22. The van der Waals surface area contributed by atoms with Gasteiger partial charge in [-0.1, -0.05) is 0 Å². The molecular weight excluding hydrogens is 164 g/mol. The van der Waals surface area contributed by atoms with Gasteiger partial charge in [0.25, 0.3) is 0 Å². The first-order valence-electron chi connectivity index (χ1n) is 4.80. The van der Waals surface area contributed by atoms with E-state index in [9.17, 15) is 0 Å². The number of piperidine rings is 1. The molecule has 0 aromatic rings. The van der Waals surface area contributed by atoms with E-state index in [4.69, 9.17) is 5.73 Å². The van der Waals surface area contributed by atoms with Crippen molar-refractivity contribution in [3.63, 3.8) is 0 Å². The summed E-state index contributed by atoms with van der Waals surface area (Å²) >= 11 is 0. The highest BCUT2D eigenvalue weighted by atomic mass is 15.3. The van der Waals surface area contributed by atoms with Gasteiger partial charge in [0.15, 0.2) is 0 Å². The first kappa shape index (κ1) is 8.72. The summed E-state index contributed by atoms with van der Waals surface area (Å²) in [5.74, 6) is 0. The van der Waals surface area contributed by atoms with Crippen molar-refractivity contribution in [3.05, 3.63) is 12.3 Å². The molecule has 0 amide bonds. The maximum atomic E-state index is 5.90. The Morgan fingerprint density at radius 2 is 2.46 bits per heavy atom. The first-order chi connectivity index (χ1) is 6.36. The molecule has 1 fully saturated rings. The van der Waals surface area contributed by atoms with Crippen LogP contribution < -0.4 is 11.1 Å². The van der Waals surface area contributed by atoms with Crippen LogP contribution in [-0.4, -0.2) is 36.5 Å². The van der Waals surface area contributed by atoms with Crippen LogP contribution in [0.15, 0.2) is 17.3 Å². The lowest BCUT2D eigenvalue weighted by Crippen LogP contribution is -2.47. The molecule has 1 saturated heterocycles. The minimum absolute atomic E-state index is 0.201. The monoisotopic (exact) mass is 180 g/mol. The maximum absolute atomic E-state index is 5.90. The SMILES string of the molecule is NC1CCCN(C2C=CNC=N2)C1. The highest BCUT2D eigenvalue weighted by molar-refractivity contribution is 5.57. The van der Waals surface area contributed by atoms with Crippen molar-refractivity contribution in [2.45, 2.75) is 25.0 Å². The topological polar surface area (TPSA) is 53.6 Å². The van der Waals surface area contributed by atoms with Crippen LogP contribution in [0.25, 0.3) is 0 Å². The van der Waals surface area contributed by atoms with Gasteiger partial charge in [-0.3, -0.25) is 9.89 Å². The van der Waals surface area contributed by atoms with Crippen LogP contribution in [0.5, 0.6) is 0 Å². The summed E-state index contributed by atoms with van der Waals surface area (Å²) in [4.78, 5) is 6.66. The standard InChI is InChI=1S/C9H16N4/c10-8-2-1-5-13(6-8)9-3-4-11-7-12-9/h3-4,7-9H,1-2,5-6,10H2,(H,11,12). The quantitative estimate of drug-likeness (QED) is 0.591. The number of aliphatic imine (C=N–C) groups is 1. The molecule has 0 aromatic heterocycles. The Balaban J connectivity index is 1.95. The molecule has 0 aromatic carbocycles. The fourth-order valence-electron chi connectivity index (χ4n) is 1.85. The molecule has 0 aliphatic carbocycles. The zero-order valence-electron chi connectivity index (χ0n) is 7.69. The van der Waals surface area contributed by atoms with Crippen LogP contribution in [-0.2, 0) is 0 Å². The van der Waals surface area contributed by atoms with Crippen molar-refractivity contribution in [3.8, 4) is 0 Å². The average Bonchev–Trinajstić information content (AvgIpc) is 2.19. The summed E-state index contributed by atoms with van der Waals surface area (Å²) in [7, 11) is 0. The van der Waals surface area contributed by atoms with Gasteiger partial charge in [0, 0.05) is 25.3 Å². The highest BCUT2D eigenvalue weighted by Crippen LogP contribution is 2.13. The normalized spacial score (nSPS) is 34.5. The third kappa shape index (κ3) is 2.08. The van der Waals surface area contributed by atoms with Gasteiger partial charge in [0.2, 0.25) is 0 Å². The molecule has 0 saturated carbocycles. The largest absolute Gasteiger partial charge is 0.353 e. The van der Waals surface area contributed by atoms with Crippen molar-refractivity contribution in [2.24, 2.45) is 10.7 Å². The molecule has 0 radical (unpaired) electrons. The molecule has 2 aliphatic heterocycles. The van der Waals surface area contributed by atoms with E-state index < -0.39 is 0 Å². The zero-order chi connectivity index (χ0) is 9.10.